The van der Waals surface area contributed by atoms with Gasteiger partial charge in [0.25, 0.3) is 15.9 Å². The zero-order valence-electron chi connectivity index (χ0n) is 25.4. The Labute approximate surface area is 245 Å². The SMILES string of the molecule is CN1CCC(CC2CC[C@@H]3CN(c4nc(C(C)(C)C)ccc4C(=O)NS(=O)(=O)c4cccc(n4)N2)C(C)(C)C3)CC1. The molecule has 0 aliphatic carbocycles. The summed E-state index contributed by atoms with van der Waals surface area (Å²) in [7, 11) is -2.03. The highest BCUT2D eigenvalue weighted by Crippen LogP contribution is 2.41. The largest absolute Gasteiger partial charge is 0.367 e. The van der Waals surface area contributed by atoms with Crippen LogP contribution < -0.4 is 14.9 Å². The molecule has 0 radical (unpaired) electrons. The Hall–Kier alpha value is -2.72. The Bertz CT molecular complexity index is 1380. The van der Waals surface area contributed by atoms with E-state index in [4.69, 9.17) is 4.98 Å². The van der Waals surface area contributed by atoms with Crippen molar-refractivity contribution in [3.05, 3.63) is 41.6 Å². The second kappa shape index (κ2) is 11.2. The van der Waals surface area contributed by atoms with Crippen LogP contribution in [0.25, 0.3) is 0 Å². The third-order valence-corrected chi connectivity index (χ3v) is 10.3. The average molecular weight is 583 g/mol. The number of piperidine rings is 1. The fourth-order valence-corrected chi connectivity index (χ4v) is 7.61. The molecular formula is C31H46N6O3S. The standard InChI is InChI=1S/C31H46N6O3S/c1-30(2,3)25-13-12-24-28(33-25)37-20-22(19-31(37,4)5)10-11-23(18-21-14-16-36(6)17-15-21)32-26-8-7-9-27(34-26)41(39,40)35-29(24)38/h7-9,12-13,21-23H,10-11,14-20H2,1-6H3,(H,32,34)(H,35,38)/t22-,23?/m0/s1. The number of aromatic nitrogens is 2. The Kier molecular flexibility index (Phi) is 8.11. The number of carbonyl (C=O) groups is 1. The van der Waals surface area contributed by atoms with Gasteiger partial charge in [0.15, 0.2) is 5.03 Å². The van der Waals surface area contributed by atoms with Crippen LogP contribution >= 0.6 is 0 Å². The molecule has 3 aliphatic rings. The van der Waals surface area contributed by atoms with Gasteiger partial charge in [-0.2, -0.15) is 8.42 Å². The van der Waals surface area contributed by atoms with E-state index < -0.39 is 15.9 Å². The predicted molar refractivity (Wildman–Crippen MR) is 163 cm³/mol. The molecule has 2 fully saturated rings. The summed E-state index contributed by atoms with van der Waals surface area (Å²) < 4.78 is 29.1. The third kappa shape index (κ3) is 6.69. The molecule has 2 aromatic rings. The average Bonchev–Trinajstić information content (AvgIpc) is 3.21. The minimum atomic E-state index is -4.21. The van der Waals surface area contributed by atoms with E-state index in [-0.39, 0.29) is 27.6 Å². The molecule has 5 heterocycles. The first kappa shape index (κ1) is 29.8. The molecule has 9 nitrogen and oxygen atoms in total. The molecule has 2 atom stereocenters. The van der Waals surface area contributed by atoms with Gasteiger partial charge < -0.3 is 15.1 Å². The zero-order valence-corrected chi connectivity index (χ0v) is 26.2. The number of rotatable bonds is 2. The summed E-state index contributed by atoms with van der Waals surface area (Å²) in [5.41, 5.74) is 0.664. The highest BCUT2D eigenvalue weighted by Gasteiger charge is 2.41. The number of hydrogen-bond donors (Lipinski definition) is 2. The Morgan fingerprint density at radius 2 is 1.76 bits per heavy atom. The van der Waals surface area contributed by atoms with Crippen LogP contribution in [0.1, 0.15) is 89.2 Å². The van der Waals surface area contributed by atoms with Gasteiger partial charge in [-0.3, -0.25) is 4.79 Å². The lowest BCUT2D eigenvalue weighted by molar-refractivity contribution is 0.0981. The predicted octanol–water partition coefficient (Wildman–Crippen LogP) is 4.80. The summed E-state index contributed by atoms with van der Waals surface area (Å²) in [5.74, 6) is 1.44. The van der Waals surface area contributed by atoms with Crippen LogP contribution in [0, 0.1) is 11.8 Å². The fraction of sp³-hybridized carbons (Fsp3) is 0.645. The van der Waals surface area contributed by atoms with E-state index in [0.717, 1.165) is 51.0 Å². The molecule has 5 rings (SSSR count). The van der Waals surface area contributed by atoms with E-state index >= 15 is 0 Å². The lowest BCUT2D eigenvalue weighted by Crippen LogP contribution is -2.41. The van der Waals surface area contributed by atoms with Crippen molar-refractivity contribution in [2.75, 3.05) is 36.9 Å². The van der Waals surface area contributed by atoms with Crippen molar-refractivity contribution in [3.63, 3.8) is 0 Å². The van der Waals surface area contributed by atoms with Crippen molar-refractivity contribution in [3.8, 4) is 0 Å². The molecule has 2 aromatic heterocycles. The highest BCUT2D eigenvalue weighted by molar-refractivity contribution is 7.90. The molecular weight excluding hydrogens is 536 g/mol. The van der Waals surface area contributed by atoms with E-state index in [1.54, 1.807) is 12.1 Å². The van der Waals surface area contributed by atoms with E-state index in [0.29, 0.717) is 23.5 Å². The van der Waals surface area contributed by atoms with Gasteiger partial charge in [0.1, 0.15) is 11.6 Å². The maximum absolute atomic E-state index is 13.6. The number of pyridine rings is 2. The van der Waals surface area contributed by atoms with Crippen LogP contribution in [-0.4, -0.2) is 67.5 Å². The Morgan fingerprint density at radius 1 is 1.02 bits per heavy atom. The summed E-state index contributed by atoms with van der Waals surface area (Å²) in [6.45, 7) is 13.7. The normalized spacial score (nSPS) is 25.4. The molecule has 1 amide bonds. The van der Waals surface area contributed by atoms with Crippen LogP contribution in [0.3, 0.4) is 0 Å². The molecule has 1 unspecified atom stereocenters. The third-order valence-electron chi connectivity index (χ3n) is 9.06. The minimum absolute atomic E-state index is 0.174. The first-order chi connectivity index (χ1) is 19.2. The van der Waals surface area contributed by atoms with Crippen LogP contribution in [0.4, 0.5) is 11.6 Å². The smallest absolute Gasteiger partial charge is 0.281 e. The van der Waals surface area contributed by atoms with Crippen molar-refractivity contribution in [1.82, 2.24) is 19.6 Å². The lowest BCUT2D eigenvalue weighted by Gasteiger charge is -2.34. The summed E-state index contributed by atoms with van der Waals surface area (Å²) >= 11 is 0. The monoisotopic (exact) mass is 582 g/mol. The molecule has 224 valence electrons. The van der Waals surface area contributed by atoms with E-state index in [9.17, 15) is 13.2 Å². The molecule has 4 bridgehead atoms. The molecule has 2 saturated heterocycles. The van der Waals surface area contributed by atoms with Crippen LogP contribution in [0.2, 0.25) is 0 Å². The molecule has 0 spiro atoms. The van der Waals surface area contributed by atoms with Gasteiger partial charge in [-0.25, -0.2) is 14.7 Å². The van der Waals surface area contributed by atoms with Gasteiger partial charge >= 0.3 is 0 Å². The second-order valence-corrected chi connectivity index (χ2v) is 15.6. The summed E-state index contributed by atoms with van der Waals surface area (Å²) in [6, 6.07) is 8.66. The number of hydrogen-bond acceptors (Lipinski definition) is 8. The zero-order chi connectivity index (χ0) is 29.6. The number of anilines is 2. The summed E-state index contributed by atoms with van der Waals surface area (Å²) in [4.78, 5) is 27.7. The number of nitrogens with zero attached hydrogens (tertiary/aromatic N) is 4. The highest BCUT2D eigenvalue weighted by atomic mass is 32.2. The molecule has 0 aromatic carbocycles. The van der Waals surface area contributed by atoms with E-state index in [1.165, 1.54) is 18.9 Å². The van der Waals surface area contributed by atoms with Gasteiger partial charge in [0.05, 0.1) is 5.56 Å². The number of amides is 1. The van der Waals surface area contributed by atoms with Crippen molar-refractivity contribution >= 4 is 27.6 Å². The quantitative estimate of drug-likeness (QED) is 0.520. The summed E-state index contributed by atoms with van der Waals surface area (Å²) in [6.07, 6.45) is 6.35. The first-order valence-electron chi connectivity index (χ1n) is 15.0. The molecule has 41 heavy (non-hydrogen) atoms. The van der Waals surface area contributed by atoms with Gasteiger partial charge in [-0.05, 0) is 109 Å². The summed E-state index contributed by atoms with van der Waals surface area (Å²) in [5, 5.41) is 3.41. The van der Waals surface area contributed by atoms with Crippen molar-refractivity contribution < 1.29 is 13.2 Å². The first-order valence-corrected chi connectivity index (χ1v) is 16.5. The number of fused-ring (bicyclic) bond motifs is 6. The molecule has 10 heteroatoms. The Balaban J connectivity index is 1.54. The maximum Gasteiger partial charge on any atom is 0.281 e. The van der Waals surface area contributed by atoms with Crippen LogP contribution in [0.5, 0.6) is 0 Å². The van der Waals surface area contributed by atoms with Crippen LogP contribution in [-0.2, 0) is 15.4 Å². The number of nitrogens with one attached hydrogen (secondary N) is 2. The molecule has 3 aliphatic heterocycles. The van der Waals surface area contributed by atoms with Gasteiger partial charge in [0, 0.05) is 29.2 Å². The number of carbonyl (C=O) groups excluding carboxylic acids is 1. The lowest BCUT2D eigenvalue weighted by atomic mass is 9.86. The fourth-order valence-electron chi connectivity index (χ4n) is 6.67. The van der Waals surface area contributed by atoms with Crippen LogP contribution in [0.15, 0.2) is 35.4 Å². The number of likely N-dealkylation sites (tertiary alicyclic amines) is 1. The van der Waals surface area contributed by atoms with E-state index in [2.05, 4.69) is 66.5 Å². The van der Waals surface area contributed by atoms with E-state index in [1.807, 2.05) is 12.1 Å². The maximum atomic E-state index is 13.6. The van der Waals surface area contributed by atoms with Crippen molar-refractivity contribution in [1.29, 1.82) is 0 Å². The molecule has 2 N–H and O–H groups in total. The van der Waals surface area contributed by atoms with Crippen molar-refractivity contribution in [2.45, 2.75) is 95.2 Å². The van der Waals surface area contributed by atoms with Gasteiger partial charge in [0.2, 0.25) is 0 Å². The van der Waals surface area contributed by atoms with Crippen molar-refractivity contribution in [2.24, 2.45) is 11.8 Å². The molecule has 0 saturated carbocycles. The number of sulfonamides is 1. The second-order valence-electron chi connectivity index (χ2n) is 14.0. The van der Waals surface area contributed by atoms with Gasteiger partial charge in [-0.1, -0.05) is 26.8 Å². The minimum Gasteiger partial charge on any atom is -0.367 e. The topological polar surface area (TPSA) is 108 Å². The van der Waals surface area contributed by atoms with Gasteiger partial charge in [-0.15, -0.1) is 0 Å². The Morgan fingerprint density at radius 3 is 2.46 bits per heavy atom.